The number of ether oxygens (including phenoxy) is 2. The molecule has 1 heterocycles. The summed E-state index contributed by atoms with van der Waals surface area (Å²) in [4.78, 5) is 0. The highest BCUT2D eigenvalue weighted by atomic mass is 19.1. The quantitative estimate of drug-likeness (QED) is 0.875. The summed E-state index contributed by atoms with van der Waals surface area (Å²) in [6.45, 7) is 4.93. The first-order chi connectivity index (χ1) is 8.81. The molecule has 4 heteroatoms. The minimum absolute atomic E-state index is 0.241. The molecular formula is C14H20FNO2. The summed E-state index contributed by atoms with van der Waals surface area (Å²) < 4.78 is 24.7. The van der Waals surface area contributed by atoms with Gasteiger partial charge in [0.1, 0.15) is 0 Å². The van der Waals surface area contributed by atoms with Crippen LogP contribution in [0.2, 0.25) is 0 Å². The van der Waals surface area contributed by atoms with Crippen LogP contribution >= 0.6 is 0 Å². The summed E-state index contributed by atoms with van der Waals surface area (Å²) >= 11 is 0. The monoisotopic (exact) mass is 253 g/mol. The molecule has 0 unspecified atom stereocenters. The lowest BCUT2D eigenvalue weighted by atomic mass is 10.0. The highest BCUT2D eigenvalue weighted by Gasteiger charge is 2.16. The van der Waals surface area contributed by atoms with Gasteiger partial charge < -0.3 is 14.8 Å². The molecule has 2 rings (SSSR count). The van der Waals surface area contributed by atoms with E-state index in [1.807, 2.05) is 6.92 Å². The molecule has 0 bridgehead atoms. The maximum Gasteiger partial charge on any atom is 0.197 e. The lowest BCUT2D eigenvalue weighted by Gasteiger charge is -2.23. The Morgan fingerprint density at radius 1 is 1.39 bits per heavy atom. The molecule has 0 saturated carbocycles. The largest absolute Gasteiger partial charge is 0.490 e. The van der Waals surface area contributed by atoms with Crippen molar-refractivity contribution in [2.45, 2.75) is 19.8 Å². The Morgan fingerprint density at radius 3 is 3.00 bits per heavy atom. The van der Waals surface area contributed by atoms with Gasteiger partial charge in [0, 0.05) is 12.5 Å². The maximum absolute atomic E-state index is 13.7. The Labute approximate surface area is 107 Å². The van der Waals surface area contributed by atoms with Gasteiger partial charge in [-0.25, -0.2) is 4.39 Å². The average molecular weight is 253 g/mol. The number of hydrogen-bond acceptors (Lipinski definition) is 3. The number of hydrogen-bond donors (Lipinski definition) is 1. The fourth-order valence-electron chi connectivity index (χ4n) is 2.17. The van der Waals surface area contributed by atoms with Crippen LogP contribution < -0.4 is 14.8 Å². The first-order valence-corrected chi connectivity index (χ1v) is 6.56. The van der Waals surface area contributed by atoms with Crippen molar-refractivity contribution in [1.82, 2.24) is 5.32 Å². The van der Waals surface area contributed by atoms with E-state index in [9.17, 15) is 4.39 Å². The molecule has 18 heavy (non-hydrogen) atoms. The molecule has 0 radical (unpaired) electrons. The number of nitrogens with one attached hydrogen (secondary N) is 1. The molecule has 1 aromatic carbocycles. The van der Waals surface area contributed by atoms with E-state index in [2.05, 4.69) is 5.32 Å². The van der Waals surface area contributed by atoms with E-state index in [0.717, 1.165) is 25.9 Å². The van der Waals surface area contributed by atoms with Crippen molar-refractivity contribution in [3.05, 3.63) is 24.0 Å². The molecule has 0 aromatic heterocycles. The van der Waals surface area contributed by atoms with Crippen molar-refractivity contribution >= 4 is 0 Å². The Bertz CT molecular complexity index is 378. The van der Waals surface area contributed by atoms with E-state index in [1.165, 1.54) is 6.07 Å². The first kappa shape index (κ1) is 13.1. The van der Waals surface area contributed by atoms with Crippen LogP contribution in [0.5, 0.6) is 11.5 Å². The van der Waals surface area contributed by atoms with Crippen LogP contribution in [0.25, 0.3) is 0 Å². The fraction of sp³-hybridized carbons (Fsp3) is 0.571. The number of rotatable bonds is 5. The number of halogens is 1. The molecule has 1 N–H and O–H groups in total. The lowest BCUT2D eigenvalue weighted by Crippen LogP contribution is -2.33. The van der Waals surface area contributed by atoms with Crippen LogP contribution in [0.4, 0.5) is 4.39 Å². The Kier molecular flexibility index (Phi) is 4.81. The van der Waals surface area contributed by atoms with Crippen LogP contribution in [-0.2, 0) is 0 Å². The minimum atomic E-state index is -0.357. The molecule has 0 amide bonds. The van der Waals surface area contributed by atoms with E-state index in [4.69, 9.17) is 9.47 Å². The van der Waals surface area contributed by atoms with Gasteiger partial charge >= 0.3 is 0 Å². The minimum Gasteiger partial charge on any atom is -0.490 e. The molecule has 1 atom stereocenters. The summed E-state index contributed by atoms with van der Waals surface area (Å²) in [6.07, 6.45) is 2.29. The van der Waals surface area contributed by atoms with Gasteiger partial charge in [0.15, 0.2) is 17.3 Å². The molecule has 1 aromatic rings. The third kappa shape index (κ3) is 3.35. The van der Waals surface area contributed by atoms with Crippen molar-refractivity contribution in [3.63, 3.8) is 0 Å². The standard InChI is InChI=1S/C14H20FNO2/c1-2-17-13-7-3-6-12(15)14(13)18-10-11-5-4-8-16-9-11/h3,6-7,11,16H,2,4-5,8-10H2,1H3/t11-/m0/s1. The molecule has 1 saturated heterocycles. The zero-order chi connectivity index (χ0) is 12.8. The number of piperidine rings is 1. The predicted octanol–water partition coefficient (Wildman–Crippen LogP) is 2.60. The van der Waals surface area contributed by atoms with Gasteiger partial charge in [-0.2, -0.15) is 0 Å². The van der Waals surface area contributed by atoms with Crippen molar-refractivity contribution in [3.8, 4) is 11.5 Å². The maximum atomic E-state index is 13.7. The highest BCUT2D eigenvalue weighted by molar-refractivity contribution is 5.40. The van der Waals surface area contributed by atoms with Crippen molar-refractivity contribution in [2.75, 3.05) is 26.3 Å². The summed E-state index contributed by atoms with van der Waals surface area (Å²) in [7, 11) is 0. The summed E-state index contributed by atoms with van der Waals surface area (Å²) in [5.41, 5.74) is 0. The number of benzene rings is 1. The van der Waals surface area contributed by atoms with Gasteiger partial charge in [-0.15, -0.1) is 0 Å². The molecule has 0 spiro atoms. The third-order valence-corrected chi connectivity index (χ3v) is 3.09. The van der Waals surface area contributed by atoms with Gasteiger partial charge in [0.25, 0.3) is 0 Å². The van der Waals surface area contributed by atoms with E-state index in [1.54, 1.807) is 12.1 Å². The third-order valence-electron chi connectivity index (χ3n) is 3.09. The first-order valence-electron chi connectivity index (χ1n) is 6.56. The summed E-state index contributed by atoms with van der Waals surface area (Å²) in [5.74, 6) is 0.823. The Hall–Kier alpha value is -1.29. The van der Waals surface area contributed by atoms with Crippen molar-refractivity contribution in [1.29, 1.82) is 0 Å². The Morgan fingerprint density at radius 2 is 2.28 bits per heavy atom. The van der Waals surface area contributed by atoms with Crippen molar-refractivity contribution < 1.29 is 13.9 Å². The van der Waals surface area contributed by atoms with Gasteiger partial charge in [-0.1, -0.05) is 6.07 Å². The molecule has 1 aliphatic rings. The van der Waals surface area contributed by atoms with Crippen LogP contribution in [0, 0.1) is 11.7 Å². The molecular weight excluding hydrogens is 233 g/mol. The molecule has 100 valence electrons. The fourth-order valence-corrected chi connectivity index (χ4v) is 2.17. The summed E-state index contributed by atoms with van der Waals surface area (Å²) in [6, 6.07) is 4.77. The molecule has 1 aliphatic heterocycles. The van der Waals surface area contributed by atoms with E-state index >= 15 is 0 Å². The second-order valence-corrected chi connectivity index (χ2v) is 4.52. The average Bonchev–Trinajstić information content (AvgIpc) is 2.40. The van der Waals surface area contributed by atoms with Crippen LogP contribution in [0.1, 0.15) is 19.8 Å². The van der Waals surface area contributed by atoms with Crippen LogP contribution in [0.15, 0.2) is 18.2 Å². The van der Waals surface area contributed by atoms with E-state index in [0.29, 0.717) is 24.9 Å². The molecule has 1 fully saturated rings. The predicted molar refractivity (Wildman–Crippen MR) is 68.7 cm³/mol. The second-order valence-electron chi connectivity index (χ2n) is 4.52. The second kappa shape index (κ2) is 6.59. The normalized spacial score (nSPS) is 19.6. The zero-order valence-electron chi connectivity index (χ0n) is 10.7. The van der Waals surface area contributed by atoms with Gasteiger partial charge in [0.2, 0.25) is 0 Å². The van der Waals surface area contributed by atoms with Crippen molar-refractivity contribution in [2.24, 2.45) is 5.92 Å². The highest BCUT2D eigenvalue weighted by Crippen LogP contribution is 2.30. The SMILES string of the molecule is CCOc1cccc(F)c1OC[C@H]1CCCNC1. The van der Waals surface area contributed by atoms with Gasteiger partial charge in [-0.05, 0) is 38.4 Å². The Balaban J connectivity index is 1.98. The van der Waals surface area contributed by atoms with E-state index in [-0.39, 0.29) is 11.6 Å². The van der Waals surface area contributed by atoms with Crippen LogP contribution in [0.3, 0.4) is 0 Å². The van der Waals surface area contributed by atoms with Gasteiger partial charge in [-0.3, -0.25) is 0 Å². The topological polar surface area (TPSA) is 30.5 Å². The molecule has 0 aliphatic carbocycles. The van der Waals surface area contributed by atoms with Crippen LogP contribution in [-0.4, -0.2) is 26.3 Å². The number of para-hydroxylation sites is 1. The smallest absolute Gasteiger partial charge is 0.197 e. The molecule has 3 nitrogen and oxygen atoms in total. The zero-order valence-corrected chi connectivity index (χ0v) is 10.7. The lowest BCUT2D eigenvalue weighted by molar-refractivity contribution is 0.200. The van der Waals surface area contributed by atoms with Gasteiger partial charge in [0.05, 0.1) is 13.2 Å². The van der Waals surface area contributed by atoms with E-state index < -0.39 is 0 Å². The summed E-state index contributed by atoms with van der Waals surface area (Å²) in [5, 5.41) is 3.32.